The van der Waals surface area contributed by atoms with E-state index < -0.39 is 5.82 Å². The van der Waals surface area contributed by atoms with E-state index >= 15 is 0 Å². The Kier molecular flexibility index (Phi) is 4.74. The number of aryl methyl sites for hydroxylation is 1. The first kappa shape index (κ1) is 13.8. The number of halogens is 1. The highest BCUT2D eigenvalue weighted by Crippen LogP contribution is 2.26. The van der Waals surface area contributed by atoms with Crippen LogP contribution in [0.5, 0.6) is 0 Å². The van der Waals surface area contributed by atoms with Gasteiger partial charge in [-0.15, -0.1) is 0 Å². The highest BCUT2D eigenvalue weighted by molar-refractivity contribution is 5.78. The van der Waals surface area contributed by atoms with Crippen molar-refractivity contribution in [2.75, 3.05) is 18.6 Å². The van der Waals surface area contributed by atoms with Crippen molar-refractivity contribution in [1.82, 2.24) is 5.43 Å². The van der Waals surface area contributed by atoms with Crippen molar-refractivity contribution in [1.29, 1.82) is 0 Å². The van der Waals surface area contributed by atoms with E-state index in [9.17, 15) is 9.18 Å². The zero-order valence-corrected chi connectivity index (χ0v) is 11.0. The van der Waals surface area contributed by atoms with E-state index in [1.807, 2.05) is 0 Å². The van der Waals surface area contributed by atoms with E-state index in [2.05, 4.69) is 10.9 Å². The molecule has 104 valence electrons. The number of benzene rings is 1. The van der Waals surface area contributed by atoms with E-state index in [-0.39, 0.29) is 18.2 Å². The summed E-state index contributed by atoms with van der Waals surface area (Å²) in [5.74, 6) is -0.0905. The number of rotatable bonds is 6. The molecule has 0 spiro atoms. The standard InChI is InChI=1S/C14H19FN2O2/c1-10-4-2-7-12(15)14(10)17-16-13(18)9-19-8-11-5-3-6-11/h2,4,7,11,17H,3,5-6,8-9H2,1H3,(H,16,18). The van der Waals surface area contributed by atoms with E-state index in [1.54, 1.807) is 19.1 Å². The smallest absolute Gasteiger partial charge is 0.264 e. The molecule has 4 nitrogen and oxygen atoms in total. The van der Waals surface area contributed by atoms with E-state index in [4.69, 9.17) is 4.74 Å². The Morgan fingerprint density at radius 1 is 1.47 bits per heavy atom. The molecule has 0 aliphatic heterocycles. The zero-order valence-electron chi connectivity index (χ0n) is 11.0. The molecular weight excluding hydrogens is 247 g/mol. The maximum Gasteiger partial charge on any atom is 0.264 e. The van der Waals surface area contributed by atoms with Crippen molar-refractivity contribution >= 4 is 11.6 Å². The predicted molar refractivity (Wildman–Crippen MR) is 71.1 cm³/mol. The largest absolute Gasteiger partial charge is 0.371 e. The molecule has 0 bridgehead atoms. The summed E-state index contributed by atoms with van der Waals surface area (Å²) in [6.45, 7) is 2.40. The van der Waals surface area contributed by atoms with Gasteiger partial charge in [0.25, 0.3) is 5.91 Å². The maximum absolute atomic E-state index is 13.5. The molecule has 0 aromatic heterocycles. The lowest BCUT2D eigenvalue weighted by Crippen LogP contribution is -2.34. The Hall–Kier alpha value is -1.62. The van der Waals surface area contributed by atoms with Crippen molar-refractivity contribution in [3.05, 3.63) is 29.6 Å². The van der Waals surface area contributed by atoms with Gasteiger partial charge >= 0.3 is 0 Å². The summed E-state index contributed by atoms with van der Waals surface area (Å²) in [6.07, 6.45) is 3.64. The molecule has 19 heavy (non-hydrogen) atoms. The van der Waals surface area contributed by atoms with Gasteiger partial charge in [0.15, 0.2) is 0 Å². The van der Waals surface area contributed by atoms with Gasteiger partial charge in [0, 0.05) is 0 Å². The molecule has 0 atom stereocenters. The van der Waals surface area contributed by atoms with Crippen molar-refractivity contribution in [3.8, 4) is 0 Å². The summed E-state index contributed by atoms with van der Waals surface area (Å²) in [6, 6.07) is 4.73. The Morgan fingerprint density at radius 3 is 2.89 bits per heavy atom. The van der Waals surface area contributed by atoms with Gasteiger partial charge in [0.05, 0.1) is 12.3 Å². The average Bonchev–Trinajstić information content (AvgIpc) is 2.32. The summed E-state index contributed by atoms with van der Waals surface area (Å²) in [5, 5.41) is 0. The third-order valence-corrected chi connectivity index (χ3v) is 3.36. The van der Waals surface area contributed by atoms with E-state index in [1.165, 1.54) is 25.3 Å². The van der Waals surface area contributed by atoms with Crippen LogP contribution in [0.3, 0.4) is 0 Å². The predicted octanol–water partition coefficient (Wildman–Crippen LogP) is 2.39. The van der Waals surface area contributed by atoms with Gasteiger partial charge in [-0.1, -0.05) is 18.6 Å². The molecule has 1 amide bonds. The van der Waals surface area contributed by atoms with Crippen LogP contribution in [0.25, 0.3) is 0 Å². The van der Waals surface area contributed by atoms with Gasteiger partial charge in [-0.3, -0.25) is 15.6 Å². The molecule has 0 radical (unpaired) electrons. The lowest BCUT2D eigenvalue weighted by molar-refractivity contribution is -0.125. The lowest BCUT2D eigenvalue weighted by Gasteiger charge is -2.24. The van der Waals surface area contributed by atoms with Gasteiger partial charge in [-0.05, 0) is 37.3 Å². The Bertz CT molecular complexity index is 427. The van der Waals surface area contributed by atoms with Gasteiger partial charge in [0.1, 0.15) is 12.4 Å². The van der Waals surface area contributed by atoms with Gasteiger partial charge in [0.2, 0.25) is 0 Å². The van der Waals surface area contributed by atoms with Crippen molar-refractivity contribution in [3.63, 3.8) is 0 Å². The first-order valence-corrected chi connectivity index (χ1v) is 6.54. The van der Waals surface area contributed by atoms with Crippen LogP contribution >= 0.6 is 0 Å². The second-order valence-electron chi connectivity index (χ2n) is 4.92. The molecule has 1 saturated carbocycles. The summed E-state index contributed by atoms with van der Waals surface area (Å²) >= 11 is 0. The second-order valence-corrected chi connectivity index (χ2v) is 4.92. The maximum atomic E-state index is 13.5. The zero-order chi connectivity index (χ0) is 13.7. The third-order valence-electron chi connectivity index (χ3n) is 3.36. The molecule has 2 rings (SSSR count). The quantitative estimate of drug-likeness (QED) is 0.777. The van der Waals surface area contributed by atoms with Crippen molar-refractivity contribution in [2.24, 2.45) is 5.92 Å². The molecule has 1 aromatic rings. The Morgan fingerprint density at radius 2 is 2.26 bits per heavy atom. The molecule has 1 aliphatic rings. The molecular formula is C14H19FN2O2. The molecule has 1 aliphatic carbocycles. The number of carbonyl (C=O) groups excluding carboxylic acids is 1. The van der Waals surface area contributed by atoms with Crippen LogP contribution in [0.2, 0.25) is 0 Å². The van der Waals surface area contributed by atoms with Crippen LogP contribution in [0, 0.1) is 18.7 Å². The molecule has 0 unspecified atom stereocenters. The highest BCUT2D eigenvalue weighted by Gasteiger charge is 2.17. The number of para-hydroxylation sites is 1. The molecule has 0 saturated heterocycles. The molecule has 2 N–H and O–H groups in total. The second kappa shape index (κ2) is 6.52. The normalized spacial score (nSPS) is 14.8. The minimum Gasteiger partial charge on any atom is -0.371 e. The Labute approximate surface area is 112 Å². The summed E-state index contributed by atoms with van der Waals surface area (Å²) in [5.41, 5.74) is 6.05. The number of anilines is 1. The molecule has 1 fully saturated rings. The number of ether oxygens (including phenoxy) is 1. The highest BCUT2D eigenvalue weighted by atomic mass is 19.1. The number of carbonyl (C=O) groups is 1. The van der Waals surface area contributed by atoms with Gasteiger partial charge in [-0.2, -0.15) is 0 Å². The fourth-order valence-corrected chi connectivity index (χ4v) is 1.94. The van der Waals surface area contributed by atoms with Crippen LogP contribution in [-0.2, 0) is 9.53 Å². The number of hydrazine groups is 1. The first-order valence-electron chi connectivity index (χ1n) is 6.54. The monoisotopic (exact) mass is 266 g/mol. The number of nitrogens with one attached hydrogen (secondary N) is 2. The summed E-state index contributed by atoms with van der Waals surface area (Å²) < 4.78 is 18.8. The average molecular weight is 266 g/mol. The number of hydrogen-bond acceptors (Lipinski definition) is 3. The van der Waals surface area contributed by atoms with Gasteiger partial charge < -0.3 is 4.74 Å². The minimum absolute atomic E-state index is 0.00298. The Balaban J connectivity index is 1.70. The van der Waals surface area contributed by atoms with Crippen molar-refractivity contribution < 1.29 is 13.9 Å². The summed E-state index contributed by atoms with van der Waals surface area (Å²) in [7, 11) is 0. The third kappa shape index (κ3) is 3.92. The van der Waals surface area contributed by atoms with Crippen LogP contribution in [-0.4, -0.2) is 19.1 Å². The van der Waals surface area contributed by atoms with E-state index in [0.29, 0.717) is 12.5 Å². The SMILES string of the molecule is Cc1cccc(F)c1NNC(=O)COCC1CCC1. The topological polar surface area (TPSA) is 50.4 Å². The van der Waals surface area contributed by atoms with E-state index in [0.717, 1.165) is 5.56 Å². The van der Waals surface area contributed by atoms with Crippen molar-refractivity contribution in [2.45, 2.75) is 26.2 Å². The molecule has 5 heteroatoms. The molecule has 0 heterocycles. The van der Waals surface area contributed by atoms with Crippen LogP contribution in [0.1, 0.15) is 24.8 Å². The van der Waals surface area contributed by atoms with Gasteiger partial charge in [-0.25, -0.2) is 4.39 Å². The number of hydrogen-bond donors (Lipinski definition) is 2. The summed E-state index contributed by atoms with van der Waals surface area (Å²) in [4.78, 5) is 11.5. The van der Waals surface area contributed by atoms with Crippen LogP contribution in [0.15, 0.2) is 18.2 Å². The lowest BCUT2D eigenvalue weighted by atomic mass is 9.86. The minimum atomic E-state index is -0.393. The fraction of sp³-hybridized carbons (Fsp3) is 0.500. The fourth-order valence-electron chi connectivity index (χ4n) is 1.94. The number of amides is 1. The molecule has 1 aromatic carbocycles. The van der Waals surface area contributed by atoms with Crippen LogP contribution < -0.4 is 10.9 Å². The first-order chi connectivity index (χ1) is 9.16. The van der Waals surface area contributed by atoms with Crippen LogP contribution in [0.4, 0.5) is 10.1 Å².